The highest BCUT2D eigenvalue weighted by atomic mass is 127. The van der Waals surface area contributed by atoms with Gasteiger partial charge in [-0.15, -0.1) is 0 Å². The van der Waals surface area contributed by atoms with E-state index in [1.165, 1.54) is 19.3 Å². The summed E-state index contributed by atoms with van der Waals surface area (Å²) in [5, 5.41) is 13.3. The van der Waals surface area contributed by atoms with Crippen molar-refractivity contribution in [2.24, 2.45) is 5.92 Å². The van der Waals surface area contributed by atoms with E-state index in [4.69, 9.17) is 14.2 Å². The fraction of sp³-hybridized carbons (Fsp3) is 0.205. The van der Waals surface area contributed by atoms with Crippen LogP contribution in [0.1, 0.15) is 34.4 Å². The molecule has 1 unspecified atom stereocenters. The average molecular weight is 769 g/mol. The van der Waals surface area contributed by atoms with E-state index in [0.29, 0.717) is 16.8 Å². The number of carbonyl (C=O) groups excluding carboxylic acids is 3. The molecular formula is C39H33IN2O7. The smallest absolute Gasteiger partial charge is 0.325 e. The van der Waals surface area contributed by atoms with Crippen LogP contribution in [0.3, 0.4) is 0 Å². The minimum atomic E-state index is -1.60. The summed E-state index contributed by atoms with van der Waals surface area (Å²) in [6.45, 7) is 3.60. The van der Waals surface area contributed by atoms with Crippen LogP contribution in [-0.2, 0) is 29.3 Å². The highest BCUT2D eigenvalue weighted by molar-refractivity contribution is 14.1. The Hall–Kier alpha value is -4.94. The molecule has 3 aliphatic heterocycles. The second kappa shape index (κ2) is 13.2. The molecule has 0 radical (unpaired) electrons. The van der Waals surface area contributed by atoms with E-state index >= 15 is 0 Å². The van der Waals surface area contributed by atoms with Gasteiger partial charge in [-0.1, -0.05) is 91.5 Å². The molecule has 7 rings (SSSR count). The maximum Gasteiger partial charge on any atom is 0.325 e. The molecular weight excluding hydrogens is 735 g/mol. The molecule has 1 amide bonds. The number of amides is 1. The second-order valence-corrected chi connectivity index (χ2v) is 13.4. The summed E-state index contributed by atoms with van der Waals surface area (Å²) >= 11 is 2.19. The van der Waals surface area contributed by atoms with Gasteiger partial charge in [-0.25, -0.2) is 0 Å². The van der Waals surface area contributed by atoms with Crippen LogP contribution in [0.2, 0.25) is 0 Å². The number of esters is 2. The summed E-state index contributed by atoms with van der Waals surface area (Å²) in [6.07, 6.45) is 4.37. The van der Waals surface area contributed by atoms with Crippen molar-refractivity contribution in [3.63, 3.8) is 0 Å². The number of methoxy groups -OCH3 is 1. The van der Waals surface area contributed by atoms with Gasteiger partial charge >= 0.3 is 11.9 Å². The van der Waals surface area contributed by atoms with Gasteiger partial charge in [0.2, 0.25) is 5.91 Å². The summed E-state index contributed by atoms with van der Waals surface area (Å²) in [4.78, 5) is 45.6. The van der Waals surface area contributed by atoms with E-state index in [1.807, 2.05) is 95.9 Å². The highest BCUT2D eigenvalue weighted by Crippen LogP contribution is 2.60. The molecule has 248 valence electrons. The van der Waals surface area contributed by atoms with Crippen molar-refractivity contribution >= 4 is 52.2 Å². The first-order valence-corrected chi connectivity index (χ1v) is 16.9. The minimum absolute atomic E-state index is 0.0191. The molecule has 2 saturated heterocycles. The lowest BCUT2D eigenvalue weighted by molar-refractivity contribution is -0.179. The van der Waals surface area contributed by atoms with E-state index in [-0.39, 0.29) is 18.1 Å². The molecule has 1 spiro atoms. The van der Waals surface area contributed by atoms with Crippen LogP contribution in [-0.4, -0.2) is 53.7 Å². The molecule has 2 fully saturated rings. The molecule has 4 aromatic rings. The maximum absolute atomic E-state index is 14.8. The molecule has 0 aromatic heterocycles. The molecule has 3 heterocycles. The van der Waals surface area contributed by atoms with Crippen molar-refractivity contribution in [3.8, 4) is 11.5 Å². The van der Waals surface area contributed by atoms with Crippen LogP contribution in [0.25, 0.3) is 6.08 Å². The number of anilines is 1. The zero-order chi connectivity index (χ0) is 34.3. The van der Waals surface area contributed by atoms with Gasteiger partial charge in [0.05, 0.1) is 13.2 Å². The van der Waals surface area contributed by atoms with Crippen molar-refractivity contribution in [3.05, 3.63) is 142 Å². The third kappa shape index (κ3) is 5.39. The predicted octanol–water partition coefficient (Wildman–Crippen LogP) is 6.35. The summed E-state index contributed by atoms with van der Waals surface area (Å²) in [6, 6.07) is 27.0. The largest absolute Gasteiger partial charge is 0.504 e. The third-order valence-electron chi connectivity index (χ3n) is 9.60. The molecule has 0 aliphatic carbocycles. The van der Waals surface area contributed by atoms with Crippen LogP contribution in [0.15, 0.2) is 116 Å². The Morgan fingerprint density at radius 3 is 2.41 bits per heavy atom. The fourth-order valence-electron chi connectivity index (χ4n) is 7.64. The number of nitrogens with one attached hydrogen (secondary N) is 1. The number of morpholine rings is 1. The van der Waals surface area contributed by atoms with Crippen molar-refractivity contribution < 1.29 is 33.7 Å². The lowest BCUT2D eigenvalue weighted by Crippen LogP contribution is -2.53. The summed E-state index contributed by atoms with van der Waals surface area (Å²) in [7, 11) is 1.47. The van der Waals surface area contributed by atoms with E-state index in [0.717, 1.165) is 14.7 Å². The standard InChI is InChI=1S/C39H33IN2O7/c1-3-20-48-36(44)32-34-37(45)49-35(25-12-8-5-9-13-25)33(24-10-6-4-7-11-24)42(34)31(19-15-23-14-18-29(43)30(21-23)47-2)39(32)27-22-26(40)16-17-28(27)41-38(39)46/h3-19,21-22,31-35,43H,1,20H2,2H3,(H,41,46)/b19-15+/t31-,32?,33+,34+,35-,39-/m0/s1. The van der Waals surface area contributed by atoms with Gasteiger partial charge < -0.3 is 24.6 Å². The molecule has 0 bridgehead atoms. The van der Waals surface area contributed by atoms with Crippen LogP contribution >= 0.6 is 22.6 Å². The number of halogens is 1. The van der Waals surface area contributed by atoms with Gasteiger partial charge in [-0.05, 0) is 75.2 Å². The van der Waals surface area contributed by atoms with Crippen LogP contribution in [0.5, 0.6) is 11.5 Å². The average Bonchev–Trinajstić information content (AvgIpc) is 3.58. The number of benzene rings is 4. The number of ether oxygens (including phenoxy) is 3. The van der Waals surface area contributed by atoms with Crippen LogP contribution < -0.4 is 10.1 Å². The first-order valence-electron chi connectivity index (χ1n) is 15.8. The monoisotopic (exact) mass is 768 g/mol. The molecule has 10 heteroatoms. The van der Waals surface area contributed by atoms with Crippen molar-refractivity contribution in [2.45, 2.75) is 29.6 Å². The third-order valence-corrected chi connectivity index (χ3v) is 10.3. The molecule has 0 saturated carbocycles. The number of rotatable bonds is 8. The zero-order valence-corrected chi connectivity index (χ0v) is 28.6. The normalized spacial score (nSPS) is 25.8. The minimum Gasteiger partial charge on any atom is -0.504 e. The number of hydrogen-bond acceptors (Lipinski definition) is 8. The Morgan fingerprint density at radius 2 is 1.71 bits per heavy atom. The lowest BCUT2D eigenvalue weighted by atomic mass is 9.67. The number of hydrogen-bond donors (Lipinski definition) is 2. The van der Waals surface area contributed by atoms with E-state index in [1.54, 1.807) is 12.1 Å². The number of cyclic esters (lactones) is 1. The Kier molecular flexibility index (Phi) is 8.76. The predicted molar refractivity (Wildman–Crippen MR) is 192 cm³/mol. The number of aromatic hydroxyl groups is 1. The number of phenols is 1. The first kappa shape index (κ1) is 32.6. The summed E-state index contributed by atoms with van der Waals surface area (Å²) < 4.78 is 18.3. The van der Waals surface area contributed by atoms with Gasteiger partial charge in [0.15, 0.2) is 11.5 Å². The topological polar surface area (TPSA) is 114 Å². The van der Waals surface area contributed by atoms with Crippen molar-refractivity contribution in [2.75, 3.05) is 19.0 Å². The maximum atomic E-state index is 14.8. The van der Waals surface area contributed by atoms with Crippen molar-refractivity contribution in [1.29, 1.82) is 0 Å². The lowest BCUT2D eigenvalue weighted by Gasteiger charge is -2.45. The number of nitrogens with zero attached hydrogens (tertiary/aromatic N) is 1. The Morgan fingerprint density at radius 1 is 1.00 bits per heavy atom. The first-order chi connectivity index (χ1) is 23.8. The van der Waals surface area contributed by atoms with E-state index < -0.39 is 53.4 Å². The second-order valence-electron chi connectivity index (χ2n) is 12.2. The van der Waals surface area contributed by atoms with Gasteiger partial charge in [0.1, 0.15) is 30.1 Å². The zero-order valence-electron chi connectivity index (χ0n) is 26.5. The molecule has 6 atom stereocenters. The van der Waals surface area contributed by atoms with Crippen LogP contribution in [0, 0.1) is 9.49 Å². The van der Waals surface area contributed by atoms with Gasteiger partial charge in [0.25, 0.3) is 0 Å². The summed E-state index contributed by atoms with van der Waals surface area (Å²) in [5.41, 5.74) is 1.83. The molecule has 49 heavy (non-hydrogen) atoms. The van der Waals surface area contributed by atoms with E-state index in [2.05, 4.69) is 34.5 Å². The molecule has 2 N–H and O–H groups in total. The molecule has 4 aromatic carbocycles. The quantitative estimate of drug-likeness (QED) is 0.121. The van der Waals surface area contributed by atoms with Gasteiger partial charge in [-0.3, -0.25) is 19.3 Å². The summed E-state index contributed by atoms with van der Waals surface area (Å²) in [5.74, 6) is -2.79. The number of fused-ring (bicyclic) bond motifs is 3. The van der Waals surface area contributed by atoms with Gasteiger partial charge in [-0.2, -0.15) is 0 Å². The number of phenolic OH excluding ortho intramolecular Hbond substituents is 1. The van der Waals surface area contributed by atoms with Crippen LogP contribution in [0.4, 0.5) is 5.69 Å². The Labute approximate surface area is 297 Å². The van der Waals surface area contributed by atoms with Crippen molar-refractivity contribution in [1.82, 2.24) is 4.90 Å². The SMILES string of the molecule is C=CCOC(=O)C1[C@@H]2C(=O)O[C@@H](c3ccccc3)[C@@H](c3ccccc3)N2[C@@H](/C=C/c2ccc(O)c(OC)c2)[C@]12C(=O)Nc1ccc(I)cc12. The number of carbonyl (C=O) groups is 3. The Balaban J connectivity index is 1.52. The highest BCUT2D eigenvalue weighted by Gasteiger charge is 2.73. The molecule has 3 aliphatic rings. The Bertz CT molecular complexity index is 1970. The molecule has 9 nitrogen and oxygen atoms in total. The van der Waals surface area contributed by atoms with E-state index in [9.17, 15) is 19.5 Å². The van der Waals surface area contributed by atoms with Gasteiger partial charge in [0, 0.05) is 15.3 Å². The fourth-order valence-corrected chi connectivity index (χ4v) is 8.13.